The number of nitrogen functional groups attached to an aromatic ring is 1. The smallest absolute Gasteiger partial charge is 0.320 e. The van der Waals surface area contributed by atoms with Crippen LogP contribution >= 0.6 is 11.3 Å². The van der Waals surface area contributed by atoms with E-state index in [0.717, 1.165) is 69.5 Å². The third-order valence-electron chi connectivity index (χ3n) is 10.1. The molecule has 4 atom stereocenters. The molecule has 0 amide bonds. The molecule has 4 aromatic rings. The van der Waals surface area contributed by atoms with E-state index in [-0.39, 0.29) is 28.4 Å². The van der Waals surface area contributed by atoms with Gasteiger partial charge in [0, 0.05) is 49.4 Å². The molecule has 1 aromatic carbocycles. The molecule has 1 aliphatic carbocycles. The van der Waals surface area contributed by atoms with Gasteiger partial charge in [0.05, 0.1) is 17.3 Å². The highest BCUT2D eigenvalue weighted by Gasteiger charge is 2.36. The number of halogens is 2. The maximum absolute atomic E-state index is 14.6. The number of alkyl halides is 1. The van der Waals surface area contributed by atoms with Crippen LogP contribution in [0.1, 0.15) is 57.4 Å². The summed E-state index contributed by atoms with van der Waals surface area (Å²) in [7, 11) is 1.50. The number of fused-ring (bicyclic) bond motifs is 5. The van der Waals surface area contributed by atoms with Crippen LogP contribution in [-0.4, -0.2) is 87.0 Å². The normalized spacial score (nSPS) is 26.2. The van der Waals surface area contributed by atoms with Crippen LogP contribution in [0.3, 0.4) is 0 Å². The first-order valence-corrected chi connectivity index (χ1v) is 16.8. The molecule has 0 radical (unpaired) electrons. The molecule has 3 aromatic heterocycles. The van der Waals surface area contributed by atoms with Crippen molar-refractivity contribution in [3.05, 3.63) is 28.3 Å². The topological polar surface area (TPSA) is 127 Å². The van der Waals surface area contributed by atoms with E-state index in [1.165, 1.54) is 26.0 Å². The highest BCUT2D eigenvalue weighted by Crippen LogP contribution is 2.39. The Hall–Kier alpha value is -3.49. The van der Waals surface area contributed by atoms with Gasteiger partial charge in [0.25, 0.3) is 5.56 Å². The van der Waals surface area contributed by atoms with Crippen LogP contribution in [0, 0.1) is 5.82 Å². The third-order valence-corrected chi connectivity index (χ3v) is 11.0. The van der Waals surface area contributed by atoms with Gasteiger partial charge in [-0.25, -0.2) is 18.7 Å². The van der Waals surface area contributed by atoms with E-state index in [0.29, 0.717) is 57.5 Å². The Morgan fingerprint density at radius 2 is 1.78 bits per heavy atom. The Morgan fingerprint density at radius 3 is 2.49 bits per heavy atom. The number of methoxy groups -OCH3 is 1. The van der Waals surface area contributed by atoms with Crippen molar-refractivity contribution in [1.29, 1.82) is 0 Å². The zero-order valence-electron chi connectivity index (χ0n) is 25.2. The lowest BCUT2D eigenvalue weighted by molar-refractivity contribution is 0.292. The van der Waals surface area contributed by atoms with Crippen molar-refractivity contribution in [1.82, 2.24) is 34.7 Å². The number of hydrogen-bond donors (Lipinski definition) is 2. The van der Waals surface area contributed by atoms with Crippen LogP contribution < -0.4 is 26.2 Å². The van der Waals surface area contributed by atoms with Gasteiger partial charge in [-0.3, -0.25) is 14.3 Å². The van der Waals surface area contributed by atoms with Gasteiger partial charge in [-0.1, -0.05) is 11.3 Å². The average Bonchev–Trinajstić information content (AvgIpc) is 3.77. The van der Waals surface area contributed by atoms with Crippen molar-refractivity contribution in [2.45, 2.75) is 81.7 Å². The van der Waals surface area contributed by atoms with E-state index in [1.54, 1.807) is 10.6 Å². The van der Waals surface area contributed by atoms with Gasteiger partial charge in [-0.15, -0.1) is 0 Å². The number of rotatable bonds is 4. The fourth-order valence-electron chi connectivity index (χ4n) is 7.72. The zero-order valence-corrected chi connectivity index (χ0v) is 26.0. The van der Waals surface area contributed by atoms with Crippen LogP contribution in [0.5, 0.6) is 6.01 Å². The predicted molar refractivity (Wildman–Crippen MR) is 170 cm³/mol. The van der Waals surface area contributed by atoms with Gasteiger partial charge in [-0.2, -0.15) is 9.97 Å². The second-order valence-electron chi connectivity index (χ2n) is 12.9. The average molecular weight is 638 g/mol. The number of ether oxygens (including phenoxy) is 1. The molecule has 9 rings (SSSR count). The highest BCUT2D eigenvalue weighted by molar-refractivity contribution is 7.22. The Labute approximate surface area is 262 Å². The molecule has 0 spiro atoms. The molecule has 5 aliphatic rings. The number of benzene rings is 1. The molecule has 45 heavy (non-hydrogen) atoms. The molecule has 2 bridgehead atoms. The number of nitrogens with one attached hydrogen (secondary N) is 1. The second-order valence-corrected chi connectivity index (χ2v) is 14.0. The summed E-state index contributed by atoms with van der Waals surface area (Å²) in [5.41, 5.74) is 6.97. The summed E-state index contributed by atoms with van der Waals surface area (Å²) in [6.07, 6.45) is 7.79. The molecule has 4 aliphatic heterocycles. The van der Waals surface area contributed by atoms with Crippen molar-refractivity contribution in [3.63, 3.8) is 0 Å². The molecule has 11 nitrogen and oxygen atoms in total. The molecular weight excluding hydrogens is 600 g/mol. The number of thiazole rings is 1. The molecule has 3 N–H and O–H groups in total. The van der Waals surface area contributed by atoms with Crippen molar-refractivity contribution >= 4 is 43.5 Å². The van der Waals surface area contributed by atoms with Crippen LogP contribution in [0.25, 0.3) is 32.6 Å². The molecule has 14 heteroatoms. The van der Waals surface area contributed by atoms with E-state index in [1.807, 2.05) is 0 Å². The van der Waals surface area contributed by atoms with E-state index < -0.39 is 12.0 Å². The van der Waals surface area contributed by atoms with Crippen LogP contribution in [0.2, 0.25) is 0 Å². The van der Waals surface area contributed by atoms with Crippen molar-refractivity contribution < 1.29 is 13.5 Å². The highest BCUT2D eigenvalue weighted by atomic mass is 32.1. The quantitative estimate of drug-likeness (QED) is 0.338. The van der Waals surface area contributed by atoms with Crippen LogP contribution in [0.4, 0.5) is 19.7 Å². The lowest BCUT2D eigenvalue weighted by Crippen LogP contribution is -2.51. The first-order valence-electron chi connectivity index (χ1n) is 16.0. The molecule has 4 unspecified atom stereocenters. The summed E-state index contributed by atoms with van der Waals surface area (Å²) in [4.78, 5) is 37.1. The number of hydrogen-bond acceptors (Lipinski definition) is 11. The summed E-state index contributed by atoms with van der Waals surface area (Å²) in [6, 6.07) is 4.48. The largest absolute Gasteiger partial charge is 0.467 e. The Balaban J connectivity index is 0.000000286. The lowest BCUT2D eigenvalue weighted by atomic mass is 9.92. The number of piperazine rings is 1. The van der Waals surface area contributed by atoms with Crippen LogP contribution in [-0.2, 0) is 0 Å². The lowest BCUT2D eigenvalue weighted by Gasteiger charge is -2.34. The number of nitrogens with zero attached hydrogens (tertiary/aromatic N) is 7. The Morgan fingerprint density at radius 1 is 1.00 bits per heavy atom. The third kappa shape index (κ3) is 5.10. The summed E-state index contributed by atoms with van der Waals surface area (Å²) >= 11 is 1.08. The summed E-state index contributed by atoms with van der Waals surface area (Å²) in [5, 5.41) is 4.27. The molecular formula is C31H37F2N9O2S. The zero-order chi connectivity index (χ0) is 30.8. The van der Waals surface area contributed by atoms with Crippen molar-refractivity contribution in [3.8, 4) is 17.4 Å². The summed E-state index contributed by atoms with van der Waals surface area (Å²) in [5.74, 6) is 0.579. The minimum atomic E-state index is -0.518. The Bertz CT molecular complexity index is 1800. The standard InChI is InChI=1S/C24H25FN8O2S.C7H12FN/c1-35-24-30-19-16(21(31-24)32-9-11-5-6-12(10-32)27-11)22(34)33(13-3-2-4-13)20(29-19)14-7-8-15(25)18-17(14)28-23(26)36-18;8-6-4-7-2-1-3-9(7)5-6/h7-8,11-13,27H,2-6,9-10H2,1H3,(H2,26,28);6-7H,1-5H2. The van der Waals surface area contributed by atoms with E-state index in [2.05, 4.69) is 30.1 Å². The van der Waals surface area contributed by atoms with E-state index >= 15 is 0 Å². The molecule has 1 saturated carbocycles. The first-order chi connectivity index (χ1) is 21.9. The first kappa shape index (κ1) is 28.9. The Kier molecular flexibility index (Phi) is 7.33. The van der Waals surface area contributed by atoms with Crippen LogP contribution in [0.15, 0.2) is 16.9 Å². The fraction of sp³-hybridized carbons (Fsp3) is 0.581. The minimum Gasteiger partial charge on any atom is -0.467 e. The predicted octanol–water partition coefficient (Wildman–Crippen LogP) is 4.05. The van der Waals surface area contributed by atoms with Gasteiger partial charge in [0.15, 0.2) is 16.6 Å². The number of aromatic nitrogens is 5. The van der Waals surface area contributed by atoms with E-state index in [9.17, 15) is 13.6 Å². The minimum absolute atomic E-state index is 0.00496. The molecule has 238 valence electrons. The number of anilines is 2. The number of nitrogens with two attached hydrogens (primary N) is 1. The van der Waals surface area contributed by atoms with Gasteiger partial charge in [-0.05, 0) is 70.0 Å². The van der Waals surface area contributed by atoms with Gasteiger partial charge < -0.3 is 20.7 Å². The molecule has 4 saturated heterocycles. The maximum atomic E-state index is 14.6. The van der Waals surface area contributed by atoms with Gasteiger partial charge >= 0.3 is 6.01 Å². The van der Waals surface area contributed by atoms with E-state index in [4.69, 9.17) is 15.5 Å². The summed E-state index contributed by atoms with van der Waals surface area (Å²) < 4.78 is 34.7. The summed E-state index contributed by atoms with van der Waals surface area (Å²) in [6.45, 7) is 3.37. The molecule has 5 fully saturated rings. The van der Waals surface area contributed by atoms with Gasteiger partial charge in [0.1, 0.15) is 23.2 Å². The monoisotopic (exact) mass is 637 g/mol. The second kappa shape index (κ2) is 11.4. The fourth-order valence-corrected chi connectivity index (χ4v) is 8.49. The maximum Gasteiger partial charge on any atom is 0.320 e. The van der Waals surface area contributed by atoms with Crippen molar-refractivity contribution in [2.24, 2.45) is 0 Å². The van der Waals surface area contributed by atoms with Gasteiger partial charge in [0.2, 0.25) is 0 Å². The van der Waals surface area contributed by atoms with Crippen molar-refractivity contribution in [2.75, 3.05) is 43.9 Å². The SMILES string of the molecule is COc1nc(N2CC3CCC(C2)N3)c2c(=O)n(C3CCC3)c(-c3ccc(F)c4sc(N)nc34)nc2n1.FC1CC2CCCN2C1. The molecule has 7 heterocycles.